The van der Waals surface area contributed by atoms with E-state index in [1.807, 2.05) is 42.5 Å². The Labute approximate surface area is 143 Å². The molecule has 128 valence electrons. The van der Waals surface area contributed by atoms with E-state index in [-0.39, 0.29) is 18.6 Å². The lowest BCUT2D eigenvalue weighted by atomic mass is 10.0. The second kappa shape index (κ2) is 7.40. The molecule has 3 aromatic carbocycles. The van der Waals surface area contributed by atoms with Crippen LogP contribution in [-0.4, -0.2) is 17.6 Å². The standard InChI is InChI=1S/C20H17F2NO2/c21-17-7-3-6-16(20(17)22)11-19(25)23-18(12-24)15-9-8-13-4-1-2-5-14(13)10-15/h1-10,18,24H,11-12H2,(H,23,25). The first kappa shape index (κ1) is 17.0. The molecule has 0 saturated carbocycles. The second-order valence-corrected chi connectivity index (χ2v) is 5.80. The number of halogens is 2. The highest BCUT2D eigenvalue weighted by Crippen LogP contribution is 2.21. The molecule has 5 heteroatoms. The predicted molar refractivity (Wildman–Crippen MR) is 92.0 cm³/mol. The molecule has 1 atom stereocenters. The molecule has 0 saturated heterocycles. The summed E-state index contributed by atoms with van der Waals surface area (Å²) in [6.45, 7) is -0.296. The topological polar surface area (TPSA) is 49.3 Å². The number of carbonyl (C=O) groups is 1. The molecular weight excluding hydrogens is 324 g/mol. The lowest BCUT2D eigenvalue weighted by molar-refractivity contribution is -0.121. The predicted octanol–water partition coefficient (Wildman–Crippen LogP) is 3.51. The fraction of sp³-hybridized carbons (Fsp3) is 0.150. The summed E-state index contributed by atoms with van der Waals surface area (Å²) in [6, 6.07) is 16.5. The summed E-state index contributed by atoms with van der Waals surface area (Å²) in [6.07, 6.45) is -0.298. The lowest BCUT2D eigenvalue weighted by Crippen LogP contribution is -2.32. The highest BCUT2D eigenvalue weighted by atomic mass is 19.2. The Hall–Kier alpha value is -2.79. The van der Waals surface area contributed by atoms with Crippen LogP contribution in [-0.2, 0) is 11.2 Å². The summed E-state index contributed by atoms with van der Waals surface area (Å²) in [5.74, 6) is -2.50. The molecular formula is C20H17F2NO2. The van der Waals surface area contributed by atoms with Crippen LogP contribution in [0, 0.1) is 11.6 Å². The van der Waals surface area contributed by atoms with Crippen LogP contribution in [0.3, 0.4) is 0 Å². The third-order valence-electron chi connectivity index (χ3n) is 4.08. The van der Waals surface area contributed by atoms with Gasteiger partial charge in [0.25, 0.3) is 0 Å². The highest BCUT2D eigenvalue weighted by molar-refractivity contribution is 5.83. The molecule has 0 fully saturated rings. The Morgan fingerprint density at radius 1 is 1.00 bits per heavy atom. The van der Waals surface area contributed by atoms with Crippen molar-refractivity contribution in [2.75, 3.05) is 6.61 Å². The molecule has 0 radical (unpaired) electrons. The van der Waals surface area contributed by atoms with Crippen LogP contribution in [0.25, 0.3) is 10.8 Å². The Morgan fingerprint density at radius 2 is 1.76 bits per heavy atom. The number of hydrogen-bond donors (Lipinski definition) is 2. The number of amides is 1. The van der Waals surface area contributed by atoms with Crippen LogP contribution < -0.4 is 5.32 Å². The molecule has 1 unspecified atom stereocenters. The minimum Gasteiger partial charge on any atom is -0.394 e. The summed E-state index contributed by atoms with van der Waals surface area (Å²) in [5, 5.41) is 14.3. The van der Waals surface area contributed by atoms with Crippen molar-refractivity contribution in [2.45, 2.75) is 12.5 Å². The molecule has 0 aromatic heterocycles. The quantitative estimate of drug-likeness (QED) is 0.746. The Kier molecular flexibility index (Phi) is 5.05. The summed E-state index contributed by atoms with van der Waals surface area (Å²) in [5.41, 5.74) is 0.724. The number of benzene rings is 3. The van der Waals surface area contributed by atoms with E-state index in [0.717, 1.165) is 22.4 Å². The molecule has 2 N–H and O–H groups in total. The van der Waals surface area contributed by atoms with Gasteiger partial charge in [-0.25, -0.2) is 8.78 Å². The van der Waals surface area contributed by atoms with E-state index in [1.165, 1.54) is 12.1 Å². The van der Waals surface area contributed by atoms with Crippen molar-refractivity contribution in [1.29, 1.82) is 0 Å². The summed E-state index contributed by atoms with van der Waals surface area (Å²) < 4.78 is 26.9. The van der Waals surface area contributed by atoms with Gasteiger partial charge in [-0.2, -0.15) is 0 Å². The largest absolute Gasteiger partial charge is 0.394 e. The summed E-state index contributed by atoms with van der Waals surface area (Å²) in [7, 11) is 0. The van der Waals surface area contributed by atoms with Crippen LogP contribution >= 0.6 is 0 Å². The smallest absolute Gasteiger partial charge is 0.225 e. The third kappa shape index (κ3) is 3.83. The average molecular weight is 341 g/mol. The number of hydrogen-bond acceptors (Lipinski definition) is 2. The van der Waals surface area contributed by atoms with Crippen LogP contribution in [0.15, 0.2) is 60.7 Å². The molecule has 25 heavy (non-hydrogen) atoms. The first-order valence-electron chi connectivity index (χ1n) is 7.90. The third-order valence-corrected chi connectivity index (χ3v) is 4.08. The van der Waals surface area contributed by atoms with Gasteiger partial charge < -0.3 is 10.4 Å². The van der Waals surface area contributed by atoms with E-state index in [2.05, 4.69) is 5.32 Å². The van der Waals surface area contributed by atoms with Crippen LogP contribution in [0.4, 0.5) is 8.78 Å². The minimum atomic E-state index is -1.02. The van der Waals surface area contributed by atoms with E-state index in [1.54, 1.807) is 0 Å². The maximum Gasteiger partial charge on any atom is 0.225 e. The first-order chi connectivity index (χ1) is 12.1. The molecule has 0 aliphatic heterocycles. The Bertz CT molecular complexity index is 911. The van der Waals surface area contributed by atoms with Crippen molar-refractivity contribution >= 4 is 16.7 Å². The van der Waals surface area contributed by atoms with Gasteiger partial charge in [0.2, 0.25) is 5.91 Å². The second-order valence-electron chi connectivity index (χ2n) is 5.80. The van der Waals surface area contributed by atoms with E-state index in [0.29, 0.717) is 0 Å². The van der Waals surface area contributed by atoms with Gasteiger partial charge in [-0.3, -0.25) is 4.79 Å². The molecule has 0 spiro atoms. The zero-order valence-electron chi connectivity index (χ0n) is 13.4. The normalized spacial score (nSPS) is 12.1. The number of aliphatic hydroxyl groups is 1. The van der Waals surface area contributed by atoms with Crippen molar-refractivity contribution < 1.29 is 18.7 Å². The summed E-state index contributed by atoms with van der Waals surface area (Å²) >= 11 is 0. The molecule has 1 amide bonds. The maximum absolute atomic E-state index is 13.7. The lowest BCUT2D eigenvalue weighted by Gasteiger charge is -2.17. The fourth-order valence-corrected chi connectivity index (χ4v) is 2.76. The zero-order valence-corrected chi connectivity index (χ0v) is 13.4. The number of carbonyl (C=O) groups excluding carboxylic acids is 1. The van der Waals surface area contributed by atoms with Crippen LogP contribution in [0.5, 0.6) is 0 Å². The van der Waals surface area contributed by atoms with Crippen molar-refractivity contribution in [3.63, 3.8) is 0 Å². The Morgan fingerprint density at radius 3 is 2.52 bits per heavy atom. The fourth-order valence-electron chi connectivity index (χ4n) is 2.76. The van der Waals surface area contributed by atoms with Crippen molar-refractivity contribution in [2.24, 2.45) is 0 Å². The van der Waals surface area contributed by atoms with Crippen molar-refractivity contribution in [3.05, 3.63) is 83.4 Å². The number of aliphatic hydroxyl groups excluding tert-OH is 1. The van der Waals surface area contributed by atoms with Crippen LogP contribution in [0.2, 0.25) is 0 Å². The number of fused-ring (bicyclic) bond motifs is 1. The van der Waals surface area contributed by atoms with Gasteiger partial charge in [0.05, 0.1) is 19.1 Å². The SMILES string of the molecule is O=C(Cc1cccc(F)c1F)NC(CO)c1ccc2ccccc2c1. The molecule has 3 rings (SSSR count). The molecule has 3 nitrogen and oxygen atoms in total. The first-order valence-corrected chi connectivity index (χ1v) is 7.90. The van der Waals surface area contributed by atoms with Gasteiger partial charge in [-0.15, -0.1) is 0 Å². The molecule has 0 aliphatic rings. The Balaban J connectivity index is 1.76. The van der Waals surface area contributed by atoms with E-state index < -0.39 is 23.6 Å². The number of nitrogens with one attached hydrogen (secondary N) is 1. The minimum absolute atomic E-state index is 0.0206. The maximum atomic E-state index is 13.7. The highest BCUT2D eigenvalue weighted by Gasteiger charge is 2.17. The average Bonchev–Trinajstić information content (AvgIpc) is 2.63. The van der Waals surface area contributed by atoms with Crippen LogP contribution in [0.1, 0.15) is 17.2 Å². The van der Waals surface area contributed by atoms with Crippen molar-refractivity contribution in [1.82, 2.24) is 5.32 Å². The van der Waals surface area contributed by atoms with E-state index in [4.69, 9.17) is 0 Å². The monoisotopic (exact) mass is 341 g/mol. The summed E-state index contributed by atoms with van der Waals surface area (Å²) in [4.78, 5) is 12.2. The van der Waals surface area contributed by atoms with Gasteiger partial charge in [0, 0.05) is 5.56 Å². The zero-order chi connectivity index (χ0) is 17.8. The van der Waals surface area contributed by atoms with Gasteiger partial charge >= 0.3 is 0 Å². The van der Waals surface area contributed by atoms with Gasteiger partial charge in [0.15, 0.2) is 11.6 Å². The van der Waals surface area contributed by atoms with Gasteiger partial charge in [-0.05, 0) is 28.5 Å². The molecule has 0 bridgehead atoms. The van der Waals surface area contributed by atoms with E-state index in [9.17, 15) is 18.7 Å². The van der Waals surface area contributed by atoms with Gasteiger partial charge in [-0.1, -0.05) is 48.5 Å². The molecule has 0 aliphatic carbocycles. The molecule has 3 aromatic rings. The number of rotatable bonds is 5. The van der Waals surface area contributed by atoms with Crippen molar-refractivity contribution in [3.8, 4) is 0 Å². The van der Waals surface area contributed by atoms with E-state index >= 15 is 0 Å². The molecule has 0 heterocycles. The van der Waals surface area contributed by atoms with Gasteiger partial charge in [0.1, 0.15) is 0 Å².